The summed E-state index contributed by atoms with van der Waals surface area (Å²) >= 11 is 16.8. The minimum absolute atomic E-state index is 0.0868. The molecule has 0 bridgehead atoms. The predicted octanol–water partition coefficient (Wildman–Crippen LogP) is 3.96. The number of hydrogen-bond acceptors (Lipinski definition) is 0. The third-order valence-corrected chi connectivity index (χ3v) is 2.02. The molecule has 0 N–H and O–H groups in total. The van der Waals surface area contributed by atoms with Gasteiger partial charge in [-0.15, -0.1) is 34.8 Å². The van der Waals surface area contributed by atoms with Crippen molar-refractivity contribution in [2.45, 2.75) is 18.2 Å². The van der Waals surface area contributed by atoms with Crippen LogP contribution in [-0.4, -0.2) is 17.1 Å². The van der Waals surface area contributed by atoms with E-state index in [1.807, 2.05) is 24.3 Å². The van der Waals surface area contributed by atoms with E-state index < -0.39 is 0 Å². The number of alkyl halides is 3. The Bertz CT molecular complexity index is 141. The molecule has 0 aliphatic rings. The van der Waals surface area contributed by atoms with Gasteiger partial charge in [-0.05, 0) is 12.8 Å². The van der Waals surface area contributed by atoms with Gasteiger partial charge in [0.2, 0.25) is 0 Å². The smallest absolute Gasteiger partial charge is 0.0519 e. The summed E-state index contributed by atoms with van der Waals surface area (Å²) in [5.41, 5.74) is 0. The molecule has 0 aliphatic heterocycles. The van der Waals surface area contributed by atoms with E-state index >= 15 is 0 Å². The molecule has 0 saturated carbocycles. The van der Waals surface area contributed by atoms with E-state index in [-0.39, 0.29) is 5.38 Å². The summed E-state index contributed by atoms with van der Waals surface area (Å²) < 4.78 is 0. The van der Waals surface area contributed by atoms with Gasteiger partial charge in [0.25, 0.3) is 0 Å². The number of allylic oxidation sites excluding steroid dienone is 4. The first-order valence-electron chi connectivity index (χ1n) is 3.89. The molecule has 3 heteroatoms. The molecular weight excluding hydrogens is 214 g/mol. The normalized spacial score (nSPS) is 14.6. The Hall–Kier alpha value is 0.350. The summed E-state index contributed by atoms with van der Waals surface area (Å²) in [6.45, 7) is 0. The van der Waals surface area contributed by atoms with Crippen LogP contribution in [0.25, 0.3) is 0 Å². The largest absolute Gasteiger partial charge is 0.122 e. The predicted molar refractivity (Wildman–Crippen MR) is 58.6 cm³/mol. The zero-order chi connectivity index (χ0) is 9.23. The molecule has 0 spiro atoms. The van der Waals surface area contributed by atoms with Crippen molar-refractivity contribution in [2.24, 2.45) is 0 Å². The zero-order valence-electron chi connectivity index (χ0n) is 6.85. The Kier molecular flexibility index (Phi) is 9.71. The molecule has 0 nitrogen and oxygen atoms in total. The van der Waals surface area contributed by atoms with Gasteiger partial charge in [0.15, 0.2) is 0 Å². The van der Waals surface area contributed by atoms with E-state index in [2.05, 4.69) is 0 Å². The molecule has 0 radical (unpaired) electrons. The van der Waals surface area contributed by atoms with Crippen molar-refractivity contribution in [3.8, 4) is 0 Å². The van der Waals surface area contributed by atoms with Crippen molar-refractivity contribution in [1.29, 1.82) is 0 Å². The first-order chi connectivity index (χ1) is 5.81. The van der Waals surface area contributed by atoms with Gasteiger partial charge in [0, 0.05) is 11.8 Å². The topological polar surface area (TPSA) is 0 Å². The standard InChI is InChI=1S/C9H13Cl3/c10-7-3-1-2-5-9(12)6-4-8-11/h1,3-4,6,9H,2,5,7-8H2/b3-1-,6-4-. The minimum Gasteiger partial charge on any atom is -0.122 e. The van der Waals surface area contributed by atoms with Crippen LogP contribution < -0.4 is 0 Å². The van der Waals surface area contributed by atoms with E-state index in [0.29, 0.717) is 11.8 Å². The highest BCUT2D eigenvalue weighted by atomic mass is 35.5. The maximum Gasteiger partial charge on any atom is 0.0519 e. The second-order valence-corrected chi connectivity index (χ2v) is 3.48. The van der Waals surface area contributed by atoms with Crippen molar-refractivity contribution >= 4 is 34.8 Å². The molecule has 70 valence electrons. The third-order valence-electron chi connectivity index (χ3n) is 1.30. The summed E-state index contributed by atoms with van der Waals surface area (Å²) in [7, 11) is 0. The van der Waals surface area contributed by atoms with Crippen molar-refractivity contribution < 1.29 is 0 Å². The molecule has 1 unspecified atom stereocenters. The molecule has 0 aromatic carbocycles. The highest BCUT2D eigenvalue weighted by Gasteiger charge is 1.95. The average molecular weight is 228 g/mol. The molecule has 0 aromatic heterocycles. The Morgan fingerprint density at radius 3 is 2.25 bits per heavy atom. The maximum atomic E-state index is 5.93. The zero-order valence-corrected chi connectivity index (χ0v) is 9.12. The lowest BCUT2D eigenvalue weighted by molar-refractivity contribution is 0.873. The van der Waals surface area contributed by atoms with E-state index in [1.54, 1.807) is 0 Å². The molecule has 0 rings (SSSR count). The second-order valence-electron chi connectivity index (χ2n) is 2.30. The van der Waals surface area contributed by atoms with Gasteiger partial charge < -0.3 is 0 Å². The highest BCUT2D eigenvalue weighted by Crippen LogP contribution is 2.07. The molecule has 0 heterocycles. The Morgan fingerprint density at radius 1 is 1.00 bits per heavy atom. The lowest BCUT2D eigenvalue weighted by Crippen LogP contribution is -1.91. The molecule has 0 amide bonds. The van der Waals surface area contributed by atoms with E-state index in [4.69, 9.17) is 34.8 Å². The van der Waals surface area contributed by atoms with Crippen molar-refractivity contribution in [2.75, 3.05) is 11.8 Å². The monoisotopic (exact) mass is 226 g/mol. The van der Waals surface area contributed by atoms with Crippen LogP contribution in [0.5, 0.6) is 0 Å². The fourth-order valence-electron chi connectivity index (χ4n) is 0.732. The Labute approximate surface area is 89.2 Å². The quantitative estimate of drug-likeness (QED) is 0.476. The van der Waals surface area contributed by atoms with Crippen LogP contribution in [0.3, 0.4) is 0 Å². The van der Waals surface area contributed by atoms with Crippen LogP contribution in [0.2, 0.25) is 0 Å². The van der Waals surface area contributed by atoms with Gasteiger partial charge in [-0.3, -0.25) is 0 Å². The van der Waals surface area contributed by atoms with Gasteiger partial charge in [-0.2, -0.15) is 0 Å². The van der Waals surface area contributed by atoms with Crippen molar-refractivity contribution in [1.82, 2.24) is 0 Å². The number of halogens is 3. The van der Waals surface area contributed by atoms with E-state index in [0.717, 1.165) is 12.8 Å². The van der Waals surface area contributed by atoms with Crippen LogP contribution in [0.1, 0.15) is 12.8 Å². The molecule has 0 aliphatic carbocycles. The van der Waals surface area contributed by atoms with Gasteiger partial charge in [-0.25, -0.2) is 0 Å². The van der Waals surface area contributed by atoms with E-state index in [1.165, 1.54) is 0 Å². The summed E-state index contributed by atoms with van der Waals surface area (Å²) in [5, 5.41) is 0.0868. The summed E-state index contributed by atoms with van der Waals surface area (Å²) in [6.07, 6.45) is 9.65. The molecule has 0 saturated heterocycles. The van der Waals surface area contributed by atoms with Crippen LogP contribution in [0.4, 0.5) is 0 Å². The lowest BCUT2D eigenvalue weighted by atomic mass is 10.2. The molecule has 0 aromatic rings. The first-order valence-corrected chi connectivity index (χ1v) is 5.39. The SMILES string of the molecule is ClC/C=C\CCC(Cl)/C=C\CCl. The Morgan fingerprint density at radius 2 is 1.67 bits per heavy atom. The molecule has 0 fully saturated rings. The summed E-state index contributed by atoms with van der Waals surface area (Å²) in [6, 6.07) is 0. The van der Waals surface area contributed by atoms with Gasteiger partial charge >= 0.3 is 0 Å². The lowest BCUT2D eigenvalue weighted by Gasteiger charge is -1.99. The number of hydrogen-bond donors (Lipinski definition) is 0. The highest BCUT2D eigenvalue weighted by molar-refractivity contribution is 6.22. The van der Waals surface area contributed by atoms with Gasteiger partial charge in [-0.1, -0.05) is 24.3 Å². The van der Waals surface area contributed by atoms with Gasteiger partial charge in [0.1, 0.15) is 0 Å². The fraction of sp³-hybridized carbons (Fsp3) is 0.556. The fourth-order valence-corrected chi connectivity index (χ4v) is 1.19. The Balaban J connectivity index is 3.37. The van der Waals surface area contributed by atoms with Crippen LogP contribution in [-0.2, 0) is 0 Å². The summed E-state index contributed by atoms with van der Waals surface area (Å²) in [5.74, 6) is 1.10. The molecule has 1 atom stereocenters. The number of rotatable bonds is 6. The third kappa shape index (κ3) is 8.45. The van der Waals surface area contributed by atoms with Gasteiger partial charge in [0.05, 0.1) is 5.38 Å². The molecule has 12 heavy (non-hydrogen) atoms. The van der Waals surface area contributed by atoms with Crippen LogP contribution in [0, 0.1) is 0 Å². The summed E-state index contributed by atoms with van der Waals surface area (Å²) in [4.78, 5) is 0. The molecular formula is C9H13Cl3. The first kappa shape index (κ1) is 12.3. The maximum absolute atomic E-state index is 5.93. The van der Waals surface area contributed by atoms with Crippen LogP contribution >= 0.6 is 34.8 Å². The van der Waals surface area contributed by atoms with Crippen molar-refractivity contribution in [3.63, 3.8) is 0 Å². The van der Waals surface area contributed by atoms with E-state index in [9.17, 15) is 0 Å². The van der Waals surface area contributed by atoms with Crippen molar-refractivity contribution in [3.05, 3.63) is 24.3 Å². The minimum atomic E-state index is 0.0868. The second kappa shape index (κ2) is 9.44. The average Bonchev–Trinajstić information content (AvgIpc) is 2.09. The van der Waals surface area contributed by atoms with Crippen LogP contribution in [0.15, 0.2) is 24.3 Å².